The summed E-state index contributed by atoms with van der Waals surface area (Å²) in [6.07, 6.45) is 4.44. The average molecular weight is 392 g/mol. The Bertz CT molecular complexity index is 986. The summed E-state index contributed by atoms with van der Waals surface area (Å²) in [5, 5.41) is 14.8. The normalized spacial score (nSPS) is 20.1. The van der Waals surface area contributed by atoms with Crippen molar-refractivity contribution in [1.82, 2.24) is 5.16 Å². The number of rotatable bonds is 5. The van der Waals surface area contributed by atoms with Crippen molar-refractivity contribution < 1.29 is 19.2 Å². The smallest absolute Gasteiger partial charge is 0.168 e. The zero-order chi connectivity index (χ0) is 20.2. The Morgan fingerprint density at radius 1 is 1.03 bits per heavy atom. The fourth-order valence-corrected chi connectivity index (χ4v) is 4.00. The van der Waals surface area contributed by atoms with Crippen molar-refractivity contribution in [3.05, 3.63) is 64.2 Å². The number of aryl methyl sites for hydroxylation is 2. The van der Waals surface area contributed by atoms with Crippen LogP contribution >= 0.6 is 0 Å². The molecule has 150 valence electrons. The van der Waals surface area contributed by atoms with E-state index in [9.17, 15) is 14.7 Å². The number of nitrogens with zero attached hydrogens (tertiary/aromatic N) is 2. The summed E-state index contributed by atoms with van der Waals surface area (Å²) in [6.45, 7) is 0.478. The number of hydrogen-bond acceptors (Lipinski definition) is 6. The van der Waals surface area contributed by atoms with Crippen LogP contribution < -0.4 is 0 Å². The minimum absolute atomic E-state index is 0.0292. The van der Waals surface area contributed by atoms with Gasteiger partial charge in [0.15, 0.2) is 11.6 Å². The van der Waals surface area contributed by atoms with Gasteiger partial charge in [0, 0.05) is 37.8 Å². The van der Waals surface area contributed by atoms with Gasteiger partial charge >= 0.3 is 0 Å². The first-order valence-corrected chi connectivity index (χ1v) is 10.2. The number of carbonyl (C=O) groups excluding carboxylic acids is 2. The molecule has 1 aromatic carbocycles. The molecule has 2 aliphatic carbocycles. The molecule has 2 aliphatic rings. The molecule has 1 N–H and O–H groups in total. The highest BCUT2D eigenvalue weighted by Crippen LogP contribution is 2.27. The van der Waals surface area contributed by atoms with Gasteiger partial charge in [0.1, 0.15) is 11.5 Å². The van der Waals surface area contributed by atoms with Gasteiger partial charge in [0.2, 0.25) is 0 Å². The summed E-state index contributed by atoms with van der Waals surface area (Å²) in [5.74, 6) is 0.649. The number of aliphatic hydroxyl groups excluding tert-OH is 1. The highest BCUT2D eigenvalue weighted by molar-refractivity contribution is 6.24. The quantitative estimate of drug-likeness (QED) is 0.604. The molecular formula is C23H24N2O4. The topological polar surface area (TPSA) is 92.8 Å². The van der Waals surface area contributed by atoms with Crippen molar-refractivity contribution >= 4 is 17.3 Å². The van der Waals surface area contributed by atoms with Gasteiger partial charge in [-0.3, -0.25) is 14.6 Å². The van der Waals surface area contributed by atoms with Crippen LogP contribution in [-0.4, -0.2) is 27.5 Å². The maximum absolute atomic E-state index is 12.5. The highest BCUT2D eigenvalue weighted by Gasteiger charge is 2.28. The summed E-state index contributed by atoms with van der Waals surface area (Å²) in [6, 6.07) is 9.84. The zero-order valence-electron chi connectivity index (χ0n) is 16.3. The lowest BCUT2D eigenvalue weighted by Gasteiger charge is -2.18. The number of aromatic nitrogens is 1. The molecule has 1 saturated carbocycles. The molecule has 1 fully saturated rings. The van der Waals surface area contributed by atoms with Gasteiger partial charge in [-0.15, -0.1) is 0 Å². The maximum atomic E-state index is 12.5. The van der Waals surface area contributed by atoms with Crippen LogP contribution in [0.3, 0.4) is 0 Å². The van der Waals surface area contributed by atoms with E-state index in [1.165, 1.54) is 0 Å². The average Bonchev–Trinajstić information content (AvgIpc) is 3.16. The van der Waals surface area contributed by atoms with Gasteiger partial charge < -0.3 is 9.63 Å². The molecule has 1 heterocycles. The van der Waals surface area contributed by atoms with Gasteiger partial charge in [0.05, 0.1) is 23.4 Å². The van der Waals surface area contributed by atoms with Crippen molar-refractivity contribution in [2.75, 3.05) is 0 Å². The predicted molar refractivity (Wildman–Crippen MR) is 108 cm³/mol. The lowest BCUT2D eigenvalue weighted by Crippen LogP contribution is -2.22. The van der Waals surface area contributed by atoms with Crippen LogP contribution in [-0.2, 0) is 24.2 Å². The third-order valence-corrected chi connectivity index (χ3v) is 5.49. The number of fused-ring (bicyclic) bond motifs is 1. The highest BCUT2D eigenvalue weighted by atomic mass is 16.5. The molecule has 4 rings (SSSR count). The fraction of sp³-hybridized carbons (Fsp3) is 0.391. The van der Waals surface area contributed by atoms with E-state index in [-0.39, 0.29) is 23.7 Å². The van der Waals surface area contributed by atoms with Crippen LogP contribution in [0.15, 0.2) is 51.2 Å². The predicted octanol–water partition coefficient (Wildman–Crippen LogP) is 4.33. The molecule has 2 aromatic rings. The molecule has 0 spiro atoms. The zero-order valence-corrected chi connectivity index (χ0v) is 16.3. The van der Waals surface area contributed by atoms with Gasteiger partial charge in [0.25, 0.3) is 0 Å². The molecule has 29 heavy (non-hydrogen) atoms. The number of aliphatic hydroxyl groups is 1. The minimum Gasteiger partial charge on any atom is -0.511 e. The summed E-state index contributed by atoms with van der Waals surface area (Å²) in [7, 11) is 0. The number of ketones is 2. The van der Waals surface area contributed by atoms with Crippen LogP contribution in [0.1, 0.15) is 65.9 Å². The van der Waals surface area contributed by atoms with Crippen LogP contribution in [0.25, 0.3) is 0 Å². The van der Waals surface area contributed by atoms with Crippen molar-refractivity contribution in [3.8, 4) is 0 Å². The molecule has 0 saturated heterocycles. The Labute approximate surface area is 169 Å². The van der Waals surface area contributed by atoms with Crippen LogP contribution in [0.5, 0.6) is 0 Å². The second kappa shape index (κ2) is 8.55. The number of hydrogen-bond donors (Lipinski definition) is 1. The van der Waals surface area contributed by atoms with Crippen molar-refractivity contribution in [2.45, 2.75) is 57.9 Å². The first-order valence-electron chi connectivity index (χ1n) is 10.2. The fourth-order valence-electron chi connectivity index (χ4n) is 4.00. The molecule has 0 aliphatic heterocycles. The van der Waals surface area contributed by atoms with E-state index in [2.05, 4.69) is 10.1 Å². The van der Waals surface area contributed by atoms with Crippen molar-refractivity contribution in [1.29, 1.82) is 0 Å². The third kappa shape index (κ3) is 4.21. The molecule has 0 amide bonds. The first-order chi connectivity index (χ1) is 14.1. The maximum Gasteiger partial charge on any atom is 0.168 e. The van der Waals surface area contributed by atoms with Crippen LogP contribution in [0, 0.1) is 0 Å². The molecule has 0 atom stereocenters. The number of carbonyl (C=O) groups is 2. The summed E-state index contributed by atoms with van der Waals surface area (Å²) >= 11 is 0. The standard InChI is InChI=1S/C23H24N2O4/c26-18-9-4-8-16(24-14-15-6-2-1-3-7-15)22(18)20(28)13-12-17-23-19(27)10-5-11-21(23)29-25-17/h1-3,6-7,28H,4-5,8-14H2/b22-20+,24-16?. The van der Waals surface area contributed by atoms with Gasteiger partial charge in [-0.25, -0.2) is 0 Å². The number of benzene rings is 1. The lowest BCUT2D eigenvalue weighted by atomic mass is 9.88. The third-order valence-electron chi connectivity index (χ3n) is 5.49. The molecular weight excluding hydrogens is 368 g/mol. The van der Waals surface area contributed by atoms with Crippen LogP contribution in [0.2, 0.25) is 0 Å². The Morgan fingerprint density at radius 2 is 1.79 bits per heavy atom. The first kappa shape index (κ1) is 19.3. The van der Waals surface area contributed by atoms with E-state index in [4.69, 9.17) is 4.52 Å². The summed E-state index contributed by atoms with van der Waals surface area (Å²) in [5.41, 5.74) is 3.21. The van der Waals surface area contributed by atoms with E-state index in [0.29, 0.717) is 60.5 Å². The van der Waals surface area contributed by atoms with Gasteiger partial charge in [-0.1, -0.05) is 35.5 Å². The van der Waals surface area contributed by atoms with E-state index >= 15 is 0 Å². The Kier molecular flexibility index (Phi) is 5.69. The number of allylic oxidation sites excluding steroid dienone is 2. The second-order valence-corrected chi connectivity index (χ2v) is 7.55. The Balaban J connectivity index is 1.53. The SMILES string of the molecule is O=C1CCCC(=NCc2ccccc2)/C1=C(\O)CCc1noc2c1C(=O)CCC2. The summed E-state index contributed by atoms with van der Waals surface area (Å²) < 4.78 is 5.31. The van der Waals surface area contributed by atoms with Gasteiger partial charge in [-0.2, -0.15) is 0 Å². The van der Waals surface area contributed by atoms with Crippen LogP contribution in [0.4, 0.5) is 0 Å². The molecule has 6 nitrogen and oxygen atoms in total. The largest absolute Gasteiger partial charge is 0.511 e. The lowest BCUT2D eigenvalue weighted by molar-refractivity contribution is -0.115. The van der Waals surface area contributed by atoms with E-state index in [1.54, 1.807) is 0 Å². The van der Waals surface area contributed by atoms with E-state index in [0.717, 1.165) is 24.8 Å². The molecule has 0 unspecified atom stereocenters. The van der Waals surface area contributed by atoms with E-state index in [1.807, 2.05) is 30.3 Å². The second-order valence-electron chi connectivity index (χ2n) is 7.55. The van der Waals surface area contributed by atoms with Crippen molar-refractivity contribution in [2.24, 2.45) is 4.99 Å². The summed E-state index contributed by atoms with van der Waals surface area (Å²) in [4.78, 5) is 29.3. The number of aliphatic imine (C=N–C) groups is 1. The van der Waals surface area contributed by atoms with Crippen molar-refractivity contribution in [3.63, 3.8) is 0 Å². The van der Waals surface area contributed by atoms with E-state index < -0.39 is 0 Å². The number of Topliss-reactive ketones (excluding diaryl/α,β-unsaturated/α-hetero) is 2. The minimum atomic E-state index is -0.0705. The molecule has 1 aromatic heterocycles. The Morgan fingerprint density at radius 3 is 2.62 bits per heavy atom. The molecule has 0 bridgehead atoms. The Hall–Kier alpha value is -3.02. The monoisotopic (exact) mass is 392 g/mol. The molecule has 0 radical (unpaired) electrons. The molecule has 6 heteroatoms. The van der Waals surface area contributed by atoms with Gasteiger partial charge in [-0.05, 0) is 24.8 Å².